The van der Waals surface area contributed by atoms with E-state index in [4.69, 9.17) is 5.11 Å². The number of methoxy groups -OCH3 is 1. The van der Waals surface area contributed by atoms with Gasteiger partial charge in [0.15, 0.2) is 0 Å². The monoisotopic (exact) mass is 393 g/mol. The molecule has 122 valence electrons. The molecular formula is C13H16BrNO6S. The number of halogens is 1. The van der Waals surface area contributed by atoms with Crippen LogP contribution in [0.25, 0.3) is 0 Å². The summed E-state index contributed by atoms with van der Waals surface area (Å²) in [6.07, 6.45) is 0. The molecule has 22 heavy (non-hydrogen) atoms. The molecule has 9 heteroatoms. The molecule has 0 heterocycles. The van der Waals surface area contributed by atoms with Crippen LogP contribution in [0.2, 0.25) is 0 Å². The molecule has 1 aromatic carbocycles. The van der Waals surface area contributed by atoms with E-state index in [9.17, 15) is 18.0 Å². The number of carboxylic acids is 1. The summed E-state index contributed by atoms with van der Waals surface area (Å²) in [5.41, 5.74) is 0.173. The van der Waals surface area contributed by atoms with E-state index >= 15 is 0 Å². The minimum Gasteiger partial charge on any atom is -0.480 e. The lowest BCUT2D eigenvalue weighted by atomic mass is 10.1. The minimum absolute atomic E-state index is 0.135. The third kappa shape index (κ3) is 4.28. The molecule has 0 saturated heterocycles. The zero-order valence-corrected chi connectivity index (χ0v) is 14.6. The second-order valence-corrected chi connectivity index (χ2v) is 7.35. The Kier molecular flexibility index (Phi) is 6.09. The van der Waals surface area contributed by atoms with Gasteiger partial charge in [0, 0.05) is 4.47 Å². The van der Waals surface area contributed by atoms with Gasteiger partial charge in [-0.1, -0.05) is 13.8 Å². The molecule has 0 amide bonds. The quantitative estimate of drug-likeness (QED) is 0.710. The van der Waals surface area contributed by atoms with Gasteiger partial charge in [-0.15, -0.1) is 0 Å². The summed E-state index contributed by atoms with van der Waals surface area (Å²) in [5, 5.41) is 9.07. The second-order valence-electron chi connectivity index (χ2n) is 4.82. The highest BCUT2D eigenvalue weighted by molar-refractivity contribution is 9.10. The fourth-order valence-electron chi connectivity index (χ4n) is 1.67. The van der Waals surface area contributed by atoms with Gasteiger partial charge in [-0.05, 0) is 40.0 Å². The van der Waals surface area contributed by atoms with Crippen LogP contribution in [0.5, 0.6) is 0 Å². The number of hydrogen-bond acceptors (Lipinski definition) is 5. The highest BCUT2D eigenvalue weighted by Crippen LogP contribution is 2.24. The normalized spacial score (nSPS) is 13.0. The van der Waals surface area contributed by atoms with Gasteiger partial charge in [-0.2, -0.15) is 4.72 Å². The van der Waals surface area contributed by atoms with Crippen molar-refractivity contribution in [1.82, 2.24) is 4.72 Å². The molecule has 1 rings (SSSR count). The van der Waals surface area contributed by atoms with Crippen LogP contribution in [0.3, 0.4) is 0 Å². The summed E-state index contributed by atoms with van der Waals surface area (Å²) in [6.45, 7) is 3.19. The van der Waals surface area contributed by atoms with Crippen LogP contribution in [-0.2, 0) is 19.6 Å². The van der Waals surface area contributed by atoms with Gasteiger partial charge in [0.1, 0.15) is 6.04 Å². The average molecular weight is 394 g/mol. The molecule has 0 saturated carbocycles. The third-order valence-corrected chi connectivity index (χ3v) is 5.28. The van der Waals surface area contributed by atoms with E-state index in [0.29, 0.717) is 0 Å². The van der Waals surface area contributed by atoms with Crippen molar-refractivity contribution in [3.8, 4) is 0 Å². The molecule has 1 atom stereocenters. The highest BCUT2D eigenvalue weighted by atomic mass is 79.9. The lowest BCUT2D eigenvalue weighted by Crippen LogP contribution is -2.44. The fourth-order valence-corrected chi connectivity index (χ4v) is 4.08. The number of ether oxygens (including phenoxy) is 1. The number of benzene rings is 1. The van der Waals surface area contributed by atoms with E-state index in [2.05, 4.69) is 25.4 Å². The Hall–Kier alpha value is -1.45. The van der Waals surface area contributed by atoms with Crippen LogP contribution in [0, 0.1) is 5.92 Å². The molecule has 0 aliphatic heterocycles. The topological polar surface area (TPSA) is 110 Å². The highest BCUT2D eigenvalue weighted by Gasteiger charge is 2.29. The molecule has 0 aliphatic carbocycles. The Bertz CT molecular complexity index is 686. The van der Waals surface area contributed by atoms with E-state index in [-0.39, 0.29) is 14.9 Å². The second kappa shape index (κ2) is 7.21. The van der Waals surface area contributed by atoms with Gasteiger partial charge in [-0.3, -0.25) is 4.79 Å². The molecular weight excluding hydrogens is 378 g/mol. The summed E-state index contributed by atoms with van der Waals surface area (Å²) in [6, 6.07) is 2.54. The molecule has 0 spiro atoms. The maximum absolute atomic E-state index is 12.3. The Morgan fingerprint density at radius 3 is 2.32 bits per heavy atom. The van der Waals surface area contributed by atoms with Crippen LogP contribution in [0.4, 0.5) is 0 Å². The summed E-state index contributed by atoms with van der Waals surface area (Å²) in [7, 11) is -2.85. The van der Waals surface area contributed by atoms with Crippen LogP contribution < -0.4 is 4.72 Å². The predicted octanol–water partition coefficient (Wildman–Crippen LogP) is 1.62. The lowest BCUT2D eigenvalue weighted by molar-refractivity contribution is -0.140. The first-order chi connectivity index (χ1) is 10.1. The van der Waals surface area contributed by atoms with E-state index in [1.54, 1.807) is 13.8 Å². The first-order valence-corrected chi connectivity index (χ1v) is 8.50. The molecule has 0 aliphatic rings. The first kappa shape index (κ1) is 18.6. The third-order valence-electron chi connectivity index (χ3n) is 2.86. The van der Waals surface area contributed by atoms with Crippen LogP contribution >= 0.6 is 15.9 Å². The molecule has 0 bridgehead atoms. The molecule has 7 nitrogen and oxygen atoms in total. The van der Waals surface area contributed by atoms with Crippen molar-refractivity contribution in [2.45, 2.75) is 24.8 Å². The summed E-state index contributed by atoms with van der Waals surface area (Å²) < 4.78 is 31.4. The fraction of sp³-hybridized carbons (Fsp3) is 0.385. The zero-order valence-electron chi connectivity index (χ0n) is 12.2. The number of carboxylic acid groups (broad SMARTS) is 1. The van der Waals surface area contributed by atoms with E-state index in [1.807, 2.05) is 0 Å². The van der Waals surface area contributed by atoms with E-state index < -0.39 is 33.9 Å². The maximum Gasteiger partial charge on any atom is 0.337 e. The van der Waals surface area contributed by atoms with Crippen molar-refractivity contribution in [3.05, 3.63) is 28.2 Å². The standard InChI is InChI=1S/C13H16BrNO6S/c1-7(2)11(12(16)17)15-22(19,20)10-5-4-8(6-9(10)14)13(18)21-3/h4-7,11,15H,1-3H3,(H,16,17)/t11-/m0/s1. The number of nitrogens with one attached hydrogen (secondary N) is 1. The van der Waals surface area contributed by atoms with Gasteiger partial charge in [0.25, 0.3) is 0 Å². The smallest absolute Gasteiger partial charge is 0.337 e. The SMILES string of the molecule is COC(=O)c1ccc(S(=O)(=O)N[C@H](C(=O)O)C(C)C)c(Br)c1. The number of sulfonamides is 1. The zero-order chi connectivity index (χ0) is 17.1. The Labute approximate surface area is 136 Å². The van der Waals surface area contributed by atoms with Gasteiger partial charge >= 0.3 is 11.9 Å². The molecule has 0 aromatic heterocycles. The number of hydrogen-bond donors (Lipinski definition) is 2. The molecule has 0 unspecified atom stereocenters. The van der Waals surface area contributed by atoms with E-state index in [1.165, 1.54) is 25.3 Å². The molecule has 1 aromatic rings. The Morgan fingerprint density at radius 1 is 1.32 bits per heavy atom. The van der Waals surface area contributed by atoms with Crippen molar-refractivity contribution in [3.63, 3.8) is 0 Å². The Morgan fingerprint density at radius 2 is 1.91 bits per heavy atom. The van der Waals surface area contributed by atoms with Gasteiger partial charge in [0.05, 0.1) is 17.6 Å². The molecule has 2 N–H and O–H groups in total. The van der Waals surface area contributed by atoms with Crippen LogP contribution in [0.15, 0.2) is 27.6 Å². The Balaban J connectivity index is 3.18. The van der Waals surface area contributed by atoms with E-state index in [0.717, 1.165) is 0 Å². The summed E-state index contributed by atoms with van der Waals surface area (Å²) >= 11 is 3.07. The lowest BCUT2D eigenvalue weighted by Gasteiger charge is -2.18. The average Bonchev–Trinajstić information content (AvgIpc) is 2.42. The first-order valence-electron chi connectivity index (χ1n) is 6.23. The number of carbonyl (C=O) groups is 2. The largest absolute Gasteiger partial charge is 0.480 e. The number of carbonyl (C=O) groups excluding carboxylic acids is 1. The van der Waals surface area contributed by atoms with Gasteiger partial charge < -0.3 is 9.84 Å². The summed E-state index contributed by atoms with van der Waals surface area (Å²) in [5.74, 6) is -2.30. The van der Waals surface area contributed by atoms with Crippen molar-refractivity contribution in [1.29, 1.82) is 0 Å². The number of aliphatic carboxylic acids is 1. The predicted molar refractivity (Wildman–Crippen MR) is 82.1 cm³/mol. The summed E-state index contributed by atoms with van der Waals surface area (Å²) in [4.78, 5) is 22.4. The number of esters is 1. The van der Waals surface area contributed by atoms with Crippen molar-refractivity contribution >= 4 is 37.9 Å². The maximum atomic E-state index is 12.3. The number of rotatable bonds is 6. The van der Waals surface area contributed by atoms with Crippen LogP contribution in [-0.4, -0.2) is 38.6 Å². The van der Waals surface area contributed by atoms with Crippen LogP contribution in [0.1, 0.15) is 24.2 Å². The molecule has 0 fully saturated rings. The van der Waals surface area contributed by atoms with Gasteiger partial charge in [-0.25, -0.2) is 13.2 Å². The molecule has 0 radical (unpaired) electrons. The minimum atomic E-state index is -4.06. The van der Waals surface area contributed by atoms with Crippen molar-refractivity contribution in [2.24, 2.45) is 5.92 Å². The van der Waals surface area contributed by atoms with Crippen molar-refractivity contribution < 1.29 is 27.9 Å². The van der Waals surface area contributed by atoms with Gasteiger partial charge in [0.2, 0.25) is 10.0 Å². The van der Waals surface area contributed by atoms with Crippen molar-refractivity contribution in [2.75, 3.05) is 7.11 Å².